The molecule has 0 aliphatic heterocycles. The van der Waals surface area contributed by atoms with Crippen molar-refractivity contribution in [2.24, 2.45) is 0 Å². The summed E-state index contributed by atoms with van der Waals surface area (Å²) in [7, 11) is 5.01. The molecule has 0 radical (unpaired) electrons. The van der Waals surface area contributed by atoms with Crippen LogP contribution in [0.2, 0.25) is 0 Å². The molecule has 0 aliphatic rings. The molecule has 38 heavy (non-hydrogen) atoms. The minimum atomic E-state index is -3.38. The molecule has 6 nitrogen and oxygen atoms in total. The first-order valence-corrected chi connectivity index (χ1v) is 15.0. The van der Waals surface area contributed by atoms with Crippen molar-refractivity contribution in [3.05, 3.63) is 120 Å². The van der Waals surface area contributed by atoms with E-state index in [4.69, 9.17) is 18.7 Å². The molecule has 4 rings (SSSR count). The molecule has 0 spiro atoms. The van der Waals surface area contributed by atoms with Gasteiger partial charge in [0.1, 0.15) is 0 Å². The molecular weight excluding hydrogens is 499 g/mol. The summed E-state index contributed by atoms with van der Waals surface area (Å²) in [6.07, 6.45) is 1.01. The maximum atomic E-state index is 9.83. The fraction of sp³-hybridized carbons (Fsp3) is 0.226. The molecule has 200 valence electrons. The number of rotatable bonds is 12. The third kappa shape index (κ3) is 5.69. The molecule has 0 atom stereocenters. The van der Waals surface area contributed by atoms with E-state index < -0.39 is 6.83 Å². The number of hydrogen-bond donors (Lipinski definition) is 2. The quantitative estimate of drug-likeness (QED) is 0.165. The van der Waals surface area contributed by atoms with Gasteiger partial charge in [-0.05, 0) is 0 Å². The zero-order valence-corrected chi connectivity index (χ0v) is 22.9. The molecule has 0 saturated carbocycles. The Morgan fingerprint density at radius 3 is 1.34 bits per heavy atom. The van der Waals surface area contributed by atoms with Crippen molar-refractivity contribution in [1.29, 1.82) is 0 Å². The van der Waals surface area contributed by atoms with Crippen LogP contribution in [0.3, 0.4) is 0 Å². The van der Waals surface area contributed by atoms with E-state index in [1.807, 2.05) is 66.7 Å². The van der Waals surface area contributed by atoms with Gasteiger partial charge < -0.3 is 0 Å². The molecule has 0 unspecified atom stereocenters. The number of phenolic OH excluding ortho intramolecular Hbond substituents is 2. The van der Waals surface area contributed by atoms with Crippen molar-refractivity contribution >= 4 is 12.1 Å². The average Bonchev–Trinajstić information content (AvgIpc) is 2.93. The Hall–Kier alpha value is -3.41. The van der Waals surface area contributed by atoms with Crippen molar-refractivity contribution in [3.8, 4) is 17.2 Å². The molecule has 0 bridgehead atoms. The Balaban J connectivity index is 1.77. The monoisotopic (exact) mass is 534 g/mol. The normalized spacial score (nSPS) is 12.7. The Morgan fingerprint density at radius 1 is 0.553 bits per heavy atom. The zero-order valence-electron chi connectivity index (χ0n) is 22.0. The van der Waals surface area contributed by atoms with Crippen molar-refractivity contribution in [3.63, 3.8) is 0 Å². The molecule has 7 heteroatoms. The summed E-state index contributed by atoms with van der Waals surface area (Å²) in [5.74, 6) is 1.01. The van der Waals surface area contributed by atoms with Crippen LogP contribution >= 0.6 is 6.83 Å². The molecule has 0 saturated heterocycles. The fourth-order valence-corrected chi connectivity index (χ4v) is 9.41. The summed E-state index contributed by atoms with van der Waals surface area (Å²) in [6, 6.07) is 32.5. The van der Waals surface area contributed by atoms with E-state index in [1.165, 1.54) is 0 Å². The number of aromatic hydroxyl groups is 2. The van der Waals surface area contributed by atoms with Crippen LogP contribution in [0.1, 0.15) is 22.6 Å². The van der Waals surface area contributed by atoms with E-state index in [0.29, 0.717) is 24.8 Å². The Morgan fingerprint density at radius 2 is 0.947 bits per heavy atom. The molecule has 0 aliphatic carbocycles. The van der Waals surface area contributed by atoms with E-state index in [-0.39, 0.29) is 17.4 Å². The molecule has 4 aromatic carbocycles. The standard InChI is InChI=1S/C31H35O6P/c1-34-21-38(22-35-2,23-36-3,30-7-5-4-6-8-30)37-29-19-13-26(14-20-29)31(24-9-15-27(32)16-10-24)25-11-17-28(33)18-12-25/h4-20,31-33H,21-23H2,1-3H3. The Bertz CT molecular complexity index is 1230. The summed E-state index contributed by atoms with van der Waals surface area (Å²) in [5, 5.41) is 20.7. The third-order valence-corrected chi connectivity index (χ3v) is 11.6. The fourth-order valence-electron chi connectivity index (χ4n) is 5.08. The van der Waals surface area contributed by atoms with Crippen LogP contribution < -0.4 is 9.83 Å². The SMILES string of the molecule is COCP(COC)(COC)(Oc1ccc(C(c2ccc(O)cc2)c2ccc(O)cc2)cc1)c1ccccc1. The van der Waals surface area contributed by atoms with E-state index in [1.54, 1.807) is 45.6 Å². The van der Waals surface area contributed by atoms with Crippen molar-refractivity contribution in [1.82, 2.24) is 0 Å². The minimum absolute atomic E-state index is 0.105. The van der Waals surface area contributed by atoms with E-state index >= 15 is 0 Å². The third-order valence-electron chi connectivity index (χ3n) is 6.71. The molecule has 0 amide bonds. The molecular formula is C31H35O6P. The van der Waals surface area contributed by atoms with Crippen LogP contribution in [0, 0.1) is 0 Å². The van der Waals surface area contributed by atoms with Crippen LogP contribution in [0.25, 0.3) is 0 Å². The first kappa shape index (κ1) is 27.6. The summed E-state index contributed by atoms with van der Waals surface area (Å²) in [5.41, 5.74) is 3.08. The van der Waals surface area contributed by atoms with E-state index in [0.717, 1.165) is 22.0 Å². The maximum absolute atomic E-state index is 9.83. The molecule has 0 aromatic heterocycles. The number of ether oxygens (including phenoxy) is 3. The first-order valence-electron chi connectivity index (χ1n) is 12.3. The van der Waals surface area contributed by atoms with Crippen molar-refractivity contribution in [2.75, 3.05) is 40.4 Å². The topological polar surface area (TPSA) is 77.4 Å². The van der Waals surface area contributed by atoms with Gasteiger partial charge in [-0.15, -0.1) is 0 Å². The molecule has 4 aromatic rings. The summed E-state index contributed by atoms with van der Waals surface area (Å²) in [6.45, 7) is -3.38. The van der Waals surface area contributed by atoms with E-state index in [9.17, 15) is 10.2 Å². The first-order chi connectivity index (χ1) is 18.4. The van der Waals surface area contributed by atoms with Crippen molar-refractivity contribution < 1.29 is 28.9 Å². The van der Waals surface area contributed by atoms with Gasteiger partial charge in [-0.1, -0.05) is 0 Å². The van der Waals surface area contributed by atoms with Crippen LogP contribution in [0.5, 0.6) is 17.2 Å². The van der Waals surface area contributed by atoms with Gasteiger partial charge in [0.2, 0.25) is 0 Å². The van der Waals surface area contributed by atoms with Crippen LogP contribution in [-0.2, 0) is 14.2 Å². The molecule has 0 heterocycles. The second kappa shape index (κ2) is 12.0. The summed E-state index contributed by atoms with van der Waals surface area (Å²) < 4.78 is 24.3. The van der Waals surface area contributed by atoms with Gasteiger partial charge in [0.15, 0.2) is 0 Å². The van der Waals surface area contributed by atoms with Crippen LogP contribution in [0.4, 0.5) is 0 Å². The summed E-state index contributed by atoms with van der Waals surface area (Å²) >= 11 is 0. The number of methoxy groups -OCH3 is 3. The zero-order chi connectivity index (χ0) is 27.0. The number of benzene rings is 4. The predicted octanol–water partition coefficient (Wildman–Crippen LogP) is 6.26. The second-order valence-corrected chi connectivity index (χ2v) is 14.2. The van der Waals surface area contributed by atoms with Gasteiger partial charge in [-0.25, -0.2) is 0 Å². The van der Waals surface area contributed by atoms with Gasteiger partial charge in [0.25, 0.3) is 0 Å². The average molecular weight is 535 g/mol. The van der Waals surface area contributed by atoms with Gasteiger partial charge in [-0.2, -0.15) is 0 Å². The second-order valence-electron chi connectivity index (χ2n) is 9.49. The van der Waals surface area contributed by atoms with Gasteiger partial charge in [0.05, 0.1) is 0 Å². The summed E-state index contributed by atoms with van der Waals surface area (Å²) in [4.78, 5) is 0. The van der Waals surface area contributed by atoms with Gasteiger partial charge in [0, 0.05) is 0 Å². The van der Waals surface area contributed by atoms with E-state index in [2.05, 4.69) is 12.1 Å². The number of hydrogen-bond acceptors (Lipinski definition) is 6. The predicted molar refractivity (Wildman–Crippen MR) is 153 cm³/mol. The van der Waals surface area contributed by atoms with Gasteiger partial charge >= 0.3 is 224 Å². The Kier molecular flexibility index (Phi) is 8.70. The van der Waals surface area contributed by atoms with Crippen LogP contribution in [-0.4, -0.2) is 50.6 Å². The van der Waals surface area contributed by atoms with Gasteiger partial charge in [-0.3, -0.25) is 0 Å². The Labute approximate surface area is 224 Å². The number of phenols is 2. The molecule has 2 N–H and O–H groups in total. The van der Waals surface area contributed by atoms with Crippen molar-refractivity contribution in [2.45, 2.75) is 5.92 Å². The molecule has 0 fully saturated rings. The van der Waals surface area contributed by atoms with Crippen LogP contribution in [0.15, 0.2) is 103 Å².